The molecule has 0 spiro atoms. The Labute approximate surface area is 118 Å². The van der Waals surface area contributed by atoms with Crippen LogP contribution >= 0.6 is 0 Å². The van der Waals surface area contributed by atoms with Crippen LogP contribution in [0.15, 0.2) is 77.6 Å². The van der Waals surface area contributed by atoms with E-state index in [1.165, 1.54) is 11.1 Å². The molecule has 0 saturated heterocycles. The van der Waals surface area contributed by atoms with Crippen LogP contribution < -0.4 is 5.73 Å². The Kier molecular flexibility index (Phi) is 3.66. The van der Waals surface area contributed by atoms with E-state index >= 15 is 0 Å². The van der Waals surface area contributed by atoms with Crippen molar-refractivity contribution in [3.63, 3.8) is 0 Å². The second kappa shape index (κ2) is 5.76. The van der Waals surface area contributed by atoms with Gasteiger partial charge in [0.25, 0.3) is 0 Å². The number of nitrogens with two attached hydrogens (primary N) is 1. The Bertz CT molecular complexity index is 642. The average Bonchev–Trinajstić information content (AvgIpc) is 3.03. The first-order chi connectivity index (χ1) is 9.83. The van der Waals surface area contributed by atoms with E-state index in [2.05, 4.69) is 48.5 Å². The third kappa shape index (κ3) is 2.81. The molecule has 0 aliphatic heterocycles. The lowest BCUT2D eigenvalue weighted by atomic mass is 9.98. The predicted molar refractivity (Wildman–Crippen MR) is 80.4 cm³/mol. The van der Waals surface area contributed by atoms with E-state index in [1.807, 2.05) is 12.1 Å². The summed E-state index contributed by atoms with van der Waals surface area (Å²) in [5.41, 5.74) is 10.9. The molecule has 0 fully saturated rings. The van der Waals surface area contributed by atoms with Crippen LogP contribution in [0.2, 0.25) is 0 Å². The molecule has 20 heavy (non-hydrogen) atoms. The van der Waals surface area contributed by atoms with Crippen molar-refractivity contribution in [2.45, 2.75) is 12.5 Å². The lowest BCUT2D eigenvalue weighted by Crippen LogP contribution is -2.10. The highest BCUT2D eigenvalue weighted by atomic mass is 16.3. The maximum absolute atomic E-state index is 6.20. The molecule has 0 radical (unpaired) electrons. The molecule has 1 aromatic heterocycles. The SMILES string of the molecule is NC(c1ccc(Cc2ccccc2)cc1)c1ccoc1. The van der Waals surface area contributed by atoms with Crippen LogP contribution in [-0.4, -0.2) is 0 Å². The van der Waals surface area contributed by atoms with E-state index in [4.69, 9.17) is 10.2 Å². The zero-order chi connectivity index (χ0) is 13.8. The minimum atomic E-state index is -0.125. The molecule has 3 rings (SSSR count). The van der Waals surface area contributed by atoms with Gasteiger partial charge in [-0.05, 0) is 29.2 Å². The van der Waals surface area contributed by atoms with Crippen molar-refractivity contribution >= 4 is 0 Å². The molecule has 0 aliphatic rings. The fourth-order valence-electron chi connectivity index (χ4n) is 2.32. The first kappa shape index (κ1) is 12.7. The van der Waals surface area contributed by atoms with Crippen LogP contribution in [0.4, 0.5) is 0 Å². The van der Waals surface area contributed by atoms with Crippen LogP contribution in [0.5, 0.6) is 0 Å². The third-order valence-electron chi connectivity index (χ3n) is 3.49. The molecule has 0 bridgehead atoms. The molecule has 0 saturated carbocycles. The van der Waals surface area contributed by atoms with Gasteiger partial charge in [-0.1, -0.05) is 54.6 Å². The van der Waals surface area contributed by atoms with E-state index in [-0.39, 0.29) is 6.04 Å². The van der Waals surface area contributed by atoms with Crippen LogP contribution in [-0.2, 0) is 6.42 Å². The molecule has 2 N–H and O–H groups in total. The minimum absolute atomic E-state index is 0.125. The third-order valence-corrected chi connectivity index (χ3v) is 3.49. The van der Waals surface area contributed by atoms with Gasteiger partial charge < -0.3 is 10.2 Å². The topological polar surface area (TPSA) is 39.2 Å². The molecule has 1 heterocycles. The monoisotopic (exact) mass is 263 g/mol. The van der Waals surface area contributed by atoms with E-state index in [0.29, 0.717) is 0 Å². The number of furan rings is 1. The number of hydrogen-bond acceptors (Lipinski definition) is 2. The van der Waals surface area contributed by atoms with Crippen LogP contribution in [0.1, 0.15) is 28.3 Å². The summed E-state index contributed by atoms with van der Waals surface area (Å²) >= 11 is 0. The molecular formula is C18H17NO. The Balaban J connectivity index is 1.75. The largest absolute Gasteiger partial charge is 0.472 e. The lowest BCUT2D eigenvalue weighted by molar-refractivity contribution is 0.562. The predicted octanol–water partition coefficient (Wildman–Crippen LogP) is 3.92. The minimum Gasteiger partial charge on any atom is -0.472 e. The van der Waals surface area contributed by atoms with Crippen molar-refractivity contribution in [3.8, 4) is 0 Å². The van der Waals surface area contributed by atoms with Crippen molar-refractivity contribution in [1.29, 1.82) is 0 Å². The molecular weight excluding hydrogens is 246 g/mol. The van der Waals surface area contributed by atoms with Crippen LogP contribution in [0.25, 0.3) is 0 Å². The van der Waals surface area contributed by atoms with Gasteiger partial charge in [0.2, 0.25) is 0 Å². The number of hydrogen-bond donors (Lipinski definition) is 1. The van der Waals surface area contributed by atoms with Gasteiger partial charge in [0.15, 0.2) is 0 Å². The second-order valence-corrected chi connectivity index (χ2v) is 4.94. The van der Waals surface area contributed by atoms with Crippen LogP contribution in [0.3, 0.4) is 0 Å². The lowest BCUT2D eigenvalue weighted by Gasteiger charge is -2.10. The molecule has 100 valence electrons. The Morgan fingerprint density at radius 3 is 2.15 bits per heavy atom. The van der Waals surface area contributed by atoms with Gasteiger partial charge in [0, 0.05) is 5.56 Å². The van der Waals surface area contributed by atoms with Crippen molar-refractivity contribution in [2.75, 3.05) is 0 Å². The standard InChI is InChI=1S/C18H17NO/c19-18(17-10-11-20-13-17)16-8-6-15(7-9-16)12-14-4-2-1-3-5-14/h1-11,13,18H,12,19H2. The Morgan fingerprint density at radius 1 is 0.800 bits per heavy atom. The summed E-state index contributed by atoms with van der Waals surface area (Å²) in [5, 5.41) is 0. The number of benzene rings is 2. The summed E-state index contributed by atoms with van der Waals surface area (Å²) in [6.07, 6.45) is 4.30. The molecule has 0 aliphatic carbocycles. The normalized spacial score (nSPS) is 12.2. The van der Waals surface area contributed by atoms with Gasteiger partial charge in [0.1, 0.15) is 0 Å². The molecule has 0 amide bonds. The summed E-state index contributed by atoms with van der Waals surface area (Å²) in [5.74, 6) is 0. The summed E-state index contributed by atoms with van der Waals surface area (Å²) in [4.78, 5) is 0. The first-order valence-electron chi connectivity index (χ1n) is 6.73. The van der Waals surface area contributed by atoms with Gasteiger partial charge in [0.05, 0.1) is 18.6 Å². The first-order valence-corrected chi connectivity index (χ1v) is 6.73. The van der Waals surface area contributed by atoms with Crippen molar-refractivity contribution in [1.82, 2.24) is 0 Å². The summed E-state index contributed by atoms with van der Waals surface area (Å²) in [6, 6.07) is 20.7. The van der Waals surface area contributed by atoms with Gasteiger partial charge in [-0.3, -0.25) is 0 Å². The Hall–Kier alpha value is -2.32. The van der Waals surface area contributed by atoms with Crippen molar-refractivity contribution < 1.29 is 4.42 Å². The van der Waals surface area contributed by atoms with Gasteiger partial charge in [-0.2, -0.15) is 0 Å². The van der Waals surface area contributed by atoms with Gasteiger partial charge in [-0.15, -0.1) is 0 Å². The van der Waals surface area contributed by atoms with Gasteiger partial charge >= 0.3 is 0 Å². The highest BCUT2D eigenvalue weighted by molar-refractivity contribution is 5.33. The van der Waals surface area contributed by atoms with Crippen molar-refractivity contribution in [2.24, 2.45) is 5.73 Å². The smallest absolute Gasteiger partial charge is 0.0953 e. The highest BCUT2D eigenvalue weighted by Gasteiger charge is 2.09. The fraction of sp³-hybridized carbons (Fsp3) is 0.111. The van der Waals surface area contributed by atoms with Crippen molar-refractivity contribution in [3.05, 3.63) is 95.4 Å². The summed E-state index contributed by atoms with van der Waals surface area (Å²) < 4.78 is 5.08. The van der Waals surface area contributed by atoms with E-state index in [9.17, 15) is 0 Å². The molecule has 2 nitrogen and oxygen atoms in total. The molecule has 2 aromatic carbocycles. The maximum atomic E-state index is 6.20. The maximum Gasteiger partial charge on any atom is 0.0953 e. The summed E-state index contributed by atoms with van der Waals surface area (Å²) in [7, 11) is 0. The van der Waals surface area contributed by atoms with E-state index in [1.54, 1.807) is 12.5 Å². The van der Waals surface area contributed by atoms with Gasteiger partial charge in [-0.25, -0.2) is 0 Å². The molecule has 2 heteroatoms. The average molecular weight is 263 g/mol. The zero-order valence-electron chi connectivity index (χ0n) is 11.2. The van der Waals surface area contributed by atoms with Crippen LogP contribution in [0, 0.1) is 0 Å². The second-order valence-electron chi connectivity index (χ2n) is 4.94. The summed E-state index contributed by atoms with van der Waals surface area (Å²) in [6.45, 7) is 0. The van der Waals surface area contributed by atoms with E-state index < -0.39 is 0 Å². The fourth-order valence-corrected chi connectivity index (χ4v) is 2.32. The van der Waals surface area contributed by atoms with E-state index in [0.717, 1.165) is 17.5 Å². The quantitative estimate of drug-likeness (QED) is 0.775. The molecule has 1 atom stereocenters. The molecule has 1 unspecified atom stereocenters. The highest BCUT2D eigenvalue weighted by Crippen LogP contribution is 2.21. The number of rotatable bonds is 4. The Morgan fingerprint density at radius 2 is 1.50 bits per heavy atom. The zero-order valence-corrected chi connectivity index (χ0v) is 11.2. The molecule has 3 aromatic rings.